The Morgan fingerprint density at radius 3 is 2.48 bits per heavy atom. The van der Waals surface area contributed by atoms with E-state index in [9.17, 15) is 4.79 Å². The van der Waals surface area contributed by atoms with Crippen LogP contribution >= 0.6 is 0 Å². The first-order chi connectivity index (χ1) is 10.3. The van der Waals surface area contributed by atoms with E-state index in [2.05, 4.69) is 20.8 Å². The monoisotopic (exact) mass is 280 g/mol. The molecule has 0 fully saturated rings. The van der Waals surface area contributed by atoms with Gasteiger partial charge in [-0.05, 0) is 17.7 Å². The first-order valence-electron chi connectivity index (χ1n) is 6.80. The largest absolute Gasteiger partial charge is 0.309 e. The van der Waals surface area contributed by atoms with Crippen molar-refractivity contribution in [1.82, 2.24) is 20.8 Å². The quantitative estimate of drug-likeness (QED) is 0.491. The van der Waals surface area contributed by atoms with Crippen LogP contribution in [0.3, 0.4) is 0 Å². The van der Waals surface area contributed by atoms with E-state index in [-0.39, 0.29) is 5.56 Å². The molecule has 0 spiro atoms. The van der Waals surface area contributed by atoms with Crippen LogP contribution in [-0.4, -0.2) is 9.97 Å². The van der Waals surface area contributed by atoms with Gasteiger partial charge in [0.05, 0.1) is 17.4 Å². The van der Waals surface area contributed by atoms with Gasteiger partial charge in [0.15, 0.2) is 0 Å². The molecule has 106 valence electrons. The van der Waals surface area contributed by atoms with Gasteiger partial charge in [0.1, 0.15) is 5.82 Å². The molecular formula is C16H16N4O. The van der Waals surface area contributed by atoms with Crippen molar-refractivity contribution in [3.8, 4) is 0 Å². The second-order valence-electron chi connectivity index (χ2n) is 4.72. The molecule has 3 aromatic rings. The molecule has 1 aromatic heterocycles. The fourth-order valence-corrected chi connectivity index (χ4v) is 2.13. The Morgan fingerprint density at radius 2 is 1.62 bits per heavy atom. The molecule has 0 aliphatic heterocycles. The fourth-order valence-electron chi connectivity index (χ4n) is 2.13. The van der Waals surface area contributed by atoms with Gasteiger partial charge in [-0.2, -0.15) is 0 Å². The Balaban J connectivity index is 1.62. The molecule has 0 unspecified atom stereocenters. The molecule has 0 saturated carbocycles. The summed E-state index contributed by atoms with van der Waals surface area (Å²) >= 11 is 0. The zero-order valence-electron chi connectivity index (χ0n) is 11.5. The van der Waals surface area contributed by atoms with E-state index in [0.717, 1.165) is 0 Å². The molecule has 0 aliphatic carbocycles. The van der Waals surface area contributed by atoms with Gasteiger partial charge in [0, 0.05) is 6.54 Å². The molecule has 2 aromatic carbocycles. The van der Waals surface area contributed by atoms with Crippen LogP contribution in [0.4, 0.5) is 0 Å². The number of fused-ring (bicyclic) bond motifs is 1. The summed E-state index contributed by atoms with van der Waals surface area (Å²) in [6.07, 6.45) is 0. The number of aromatic amines is 1. The van der Waals surface area contributed by atoms with Crippen LogP contribution in [0.1, 0.15) is 11.4 Å². The zero-order valence-corrected chi connectivity index (χ0v) is 11.5. The van der Waals surface area contributed by atoms with Gasteiger partial charge in [-0.25, -0.2) is 10.4 Å². The third kappa shape index (κ3) is 3.34. The van der Waals surface area contributed by atoms with Crippen molar-refractivity contribution in [2.75, 3.05) is 0 Å². The summed E-state index contributed by atoms with van der Waals surface area (Å²) < 4.78 is 0. The number of rotatable bonds is 5. The van der Waals surface area contributed by atoms with Gasteiger partial charge < -0.3 is 4.98 Å². The number of aromatic nitrogens is 2. The molecule has 0 aliphatic rings. The minimum absolute atomic E-state index is 0.111. The summed E-state index contributed by atoms with van der Waals surface area (Å²) in [5, 5.41) is 0.610. The number of para-hydroxylation sites is 1. The normalized spacial score (nSPS) is 10.9. The number of nitrogens with zero attached hydrogens (tertiary/aromatic N) is 1. The lowest BCUT2D eigenvalue weighted by Gasteiger charge is -2.07. The second kappa shape index (κ2) is 6.30. The molecule has 5 heteroatoms. The zero-order chi connectivity index (χ0) is 14.5. The minimum Gasteiger partial charge on any atom is -0.309 e. The van der Waals surface area contributed by atoms with Crippen LogP contribution in [0.5, 0.6) is 0 Å². The summed E-state index contributed by atoms with van der Waals surface area (Å²) in [5.74, 6) is 0.610. The average molecular weight is 280 g/mol. The van der Waals surface area contributed by atoms with Crippen molar-refractivity contribution in [2.45, 2.75) is 13.1 Å². The van der Waals surface area contributed by atoms with Crippen molar-refractivity contribution >= 4 is 10.9 Å². The maximum atomic E-state index is 11.9. The molecule has 3 rings (SSSR count). The molecule has 0 saturated heterocycles. The van der Waals surface area contributed by atoms with E-state index in [4.69, 9.17) is 0 Å². The number of H-pyrrole nitrogens is 1. The van der Waals surface area contributed by atoms with Gasteiger partial charge in [0.2, 0.25) is 0 Å². The van der Waals surface area contributed by atoms with Crippen molar-refractivity contribution in [2.24, 2.45) is 0 Å². The van der Waals surface area contributed by atoms with E-state index in [0.29, 0.717) is 29.8 Å². The van der Waals surface area contributed by atoms with Gasteiger partial charge in [-0.3, -0.25) is 10.2 Å². The molecule has 21 heavy (non-hydrogen) atoms. The molecule has 1 heterocycles. The highest BCUT2D eigenvalue weighted by atomic mass is 16.1. The first-order valence-corrected chi connectivity index (χ1v) is 6.80. The van der Waals surface area contributed by atoms with E-state index < -0.39 is 0 Å². The van der Waals surface area contributed by atoms with Crippen LogP contribution < -0.4 is 16.4 Å². The van der Waals surface area contributed by atoms with E-state index in [1.165, 1.54) is 5.56 Å². The summed E-state index contributed by atoms with van der Waals surface area (Å²) in [4.78, 5) is 19.1. The molecule has 3 N–H and O–H groups in total. The Bertz CT molecular complexity index is 783. The number of hydrogen-bond donors (Lipinski definition) is 3. The van der Waals surface area contributed by atoms with Crippen molar-refractivity contribution in [3.05, 3.63) is 76.3 Å². The predicted molar refractivity (Wildman–Crippen MR) is 82.5 cm³/mol. The Hall–Kier alpha value is -2.50. The van der Waals surface area contributed by atoms with Gasteiger partial charge in [0.25, 0.3) is 5.56 Å². The Labute approximate surface area is 122 Å². The highest BCUT2D eigenvalue weighted by Gasteiger charge is 2.02. The lowest BCUT2D eigenvalue weighted by atomic mass is 10.2. The van der Waals surface area contributed by atoms with Crippen molar-refractivity contribution in [1.29, 1.82) is 0 Å². The number of hydrogen-bond acceptors (Lipinski definition) is 4. The van der Waals surface area contributed by atoms with Crippen LogP contribution in [-0.2, 0) is 13.1 Å². The number of hydrazine groups is 1. The maximum absolute atomic E-state index is 11.9. The number of nitrogens with one attached hydrogen (secondary N) is 3. The molecule has 0 radical (unpaired) electrons. The van der Waals surface area contributed by atoms with Crippen LogP contribution in [0.15, 0.2) is 59.4 Å². The molecular weight excluding hydrogens is 264 g/mol. The smallest absolute Gasteiger partial charge is 0.258 e. The Kier molecular flexibility index (Phi) is 4.04. The van der Waals surface area contributed by atoms with Crippen LogP contribution in [0.2, 0.25) is 0 Å². The fraction of sp³-hybridized carbons (Fsp3) is 0.125. The molecule has 5 nitrogen and oxygen atoms in total. The highest BCUT2D eigenvalue weighted by Crippen LogP contribution is 2.05. The summed E-state index contributed by atoms with van der Waals surface area (Å²) in [5.41, 5.74) is 7.95. The minimum atomic E-state index is -0.111. The Morgan fingerprint density at radius 1 is 0.905 bits per heavy atom. The lowest BCUT2D eigenvalue weighted by molar-refractivity contribution is 0.518. The third-order valence-electron chi connectivity index (χ3n) is 3.18. The summed E-state index contributed by atoms with van der Waals surface area (Å²) in [6.45, 7) is 1.16. The molecule has 0 amide bonds. The highest BCUT2D eigenvalue weighted by molar-refractivity contribution is 5.77. The topological polar surface area (TPSA) is 69.8 Å². The first kappa shape index (κ1) is 13.5. The van der Waals surface area contributed by atoms with E-state index in [1.54, 1.807) is 6.07 Å². The lowest BCUT2D eigenvalue weighted by Crippen LogP contribution is -2.32. The van der Waals surface area contributed by atoms with E-state index >= 15 is 0 Å². The molecule has 0 bridgehead atoms. The SMILES string of the molecule is O=c1[nH]c(CNNCc2ccccc2)nc2ccccc12. The van der Waals surface area contributed by atoms with Gasteiger partial charge >= 0.3 is 0 Å². The molecule has 0 atom stereocenters. The van der Waals surface area contributed by atoms with Crippen LogP contribution in [0.25, 0.3) is 10.9 Å². The van der Waals surface area contributed by atoms with E-state index in [1.807, 2.05) is 48.5 Å². The maximum Gasteiger partial charge on any atom is 0.258 e. The second-order valence-corrected chi connectivity index (χ2v) is 4.72. The average Bonchev–Trinajstić information content (AvgIpc) is 2.53. The van der Waals surface area contributed by atoms with Crippen LogP contribution in [0, 0.1) is 0 Å². The third-order valence-corrected chi connectivity index (χ3v) is 3.18. The standard InChI is InChI=1S/C16H16N4O/c21-16-13-8-4-5-9-14(13)19-15(20-16)11-18-17-10-12-6-2-1-3-7-12/h1-9,17-18H,10-11H2,(H,19,20,21). The summed E-state index contributed by atoms with van der Waals surface area (Å²) in [6, 6.07) is 17.4. The van der Waals surface area contributed by atoms with Crippen molar-refractivity contribution < 1.29 is 0 Å². The number of benzene rings is 2. The predicted octanol–water partition coefficient (Wildman–Crippen LogP) is 1.72. The van der Waals surface area contributed by atoms with Gasteiger partial charge in [-0.15, -0.1) is 0 Å². The summed E-state index contributed by atoms with van der Waals surface area (Å²) in [7, 11) is 0. The van der Waals surface area contributed by atoms with Crippen molar-refractivity contribution in [3.63, 3.8) is 0 Å². The van der Waals surface area contributed by atoms with Gasteiger partial charge in [-0.1, -0.05) is 42.5 Å².